The van der Waals surface area contributed by atoms with E-state index in [-0.39, 0.29) is 23.6 Å². The largest absolute Gasteiger partial charge is 0.392 e. The molecule has 0 aliphatic heterocycles. The molecule has 1 saturated carbocycles. The third-order valence-electron chi connectivity index (χ3n) is 3.85. The third-order valence-corrected chi connectivity index (χ3v) is 4.13. The van der Waals surface area contributed by atoms with Crippen LogP contribution >= 0.6 is 11.6 Å². The van der Waals surface area contributed by atoms with Gasteiger partial charge in [-0.3, -0.25) is 9.48 Å². The first kappa shape index (κ1) is 15.4. The lowest BCUT2D eigenvalue weighted by Crippen LogP contribution is -2.38. The van der Waals surface area contributed by atoms with Gasteiger partial charge in [0.15, 0.2) is 5.78 Å². The Kier molecular flexibility index (Phi) is 4.42. The van der Waals surface area contributed by atoms with Crippen LogP contribution in [0, 0.1) is 11.8 Å². The molecule has 0 amide bonds. The number of aromatic nitrogens is 2. The van der Waals surface area contributed by atoms with Crippen molar-refractivity contribution >= 4 is 17.4 Å². The van der Waals surface area contributed by atoms with Crippen LogP contribution in [0.2, 0.25) is 5.02 Å². The number of rotatable bonds is 3. The van der Waals surface area contributed by atoms with Gasteiger partial charge in [-0.1, -0.05) is 24.4 Å². The van der Waals surface area contributed by atoms with E-state index < -0.39 is 23.8 Å². The Morgan fingerprint density at radius 3 is 2.70 bits per heavy atom. The average Bonchev–Trinajstić information content (AvgIpc) is 2.78. The molecule has 0 aromatic carbocycles. The molecule has 0 spiro atoms. The summed E-state index contributed by atoms with van der Waals surface area (Å²) in [5, 5.41) is 4.05. The molecule has 1 fully saturated rings. The lowest BCUT2D eigenvalue weighted by molar-refractivity contribution is -0.191. The molecule has 20 heavy (non-hydrogen) atoms. The van der Waals surface area contributed by atoms with Crippen LogP contribution in [0.5, 0.6) is 0 Å². The number of aryl methyl sites for hydroxylation is 1. The van der Waals surface area contributed by atoms with Crippen LogP contribution in [0.25, 0.3) is 0 Å². The molecule has 0 saturated heterocycles. The van der Waals surface area contributed by atoms with Crippen LogP contribution in [0.4, 0.5) is 13.2 Å². The molecular weight excluding hydrogens is 293 g/mol. The smallest absolute Gasteiger partial charge is 0.292 e. The highest BCUT2D eigenvalue weighted by Gasteiger charge is 2.48. The first-order chi connectivity index (χ1) is 9.36. The van der Waals surface area contributed by atoms with Gasteiger partial charge in [-0.05, 0) is 19.8 Å². The molecule has 1 aromatic rings. The Labute approximate surface area is 120 Å². The monoisotopic (exact) mass is 308 g/mol. The first-order valence-electron chi connectivity index (χ1n) is 6.68. The van der Waals surface area contributed by atoms with E-state index in [1.54, 1.807) is 6.92 Å². The molecule has 0 N–H and O–H groups in total. The summed E-state index contributed by atoms with van der Waals surface area (Å²) in [6.45, 7) is 2.17. The maximum Gasteiger partial charge on any atom is 0.392 e. The van der Waals surface area contributed by atoms with Gasteiger partial charge in [-0.2, -0.15) is 18.3 Å². The Bertz CT molecular complexity index is 498. The van der Waals surface area contributed by atoms with Gasteiger partial charge < -0.3 is 0 Å². The summed E-state index contributed by atoms with van der Waals surface area (Å²) >= 11 is 5.91. The number of carbonyl (C=O) groups excluding carboxylic acids is 1. The summed E-state index contributed by atoms with van der Waals surface area (Å²) < 4.78 is 40.6. The van der Waals surface area contributed by atoms with Crippen LogP contribution < -0.4 is 0 Å². The second-order valence-corrected chi connectivity index (χ2v) is 5.47. The Hall–Kier alpha value is -1.04. The zero-order chi connectivity index (χ0) is 14.9. The number of hydrogen-bond donors (Lipinski definition) is 0. The molecule has 1 heterocycles. The van der Waals surface area contributed by atoms with Crippen molar-refractivity contribution in [2.75, 3.05) is 0 Å². The van der Waals surface area contributed by atoms with Gasteiger partial charge in [-0.15, -0.1) is 0 Å². The summed E-state index contributed by atoms with van der Waals surface area (Å²) in [4.78, 5) is 12.5. The molecule has 2 unspecified atom stereocenters. The van der Waals surface area contributed by atoms with Crippen molar-refractivity contribution in [3.63, 3.8) is 0 Å². The molecule has 0 radical (unpaired) electrons. The minimum absolute atomic E-state index is 0.0117. The second kappa shape index (κ2) is 5.76. The second-order valence-electron chi connectivity index (χ2n) is 5.06. The number of ketones is 1. The van der Waals surface area contributed by atoms with E-state index in [9.17, 15) is 18.0 Å². The number of carbonyl (C=O) groups is 1. The van der Waals surface area contributed by atoms with Gasteiger partial charge in [0.25, 0.3) is 0 Å². The minimum atomic E-state index is -4.34. The SMILES string of the molecule is CCn1ncc(Cl)c1C(=O)C1CCCCC1C(F)(F)F. The molecule has 7 heteroatoms. The van der Waals surface area contributed by atoms with Crippen LogP contribution in [-0.4, -0.2) is 21.7 Å². The van der Waals surface area contributed by atoms with Gasteiger partial charge in [0.2, 0.25) is 0 Å². The fourth-order valence-corrected chi connectivity index (χ4v) is 3.09. The summed E-state index contributed by atoms with van der Waals surface area (Å²) in [6.07, 6.45) is -1.62. The summed E-state index contributed by atoms with van der Waals surface area (Å²) in [5.74, 6) is -3.14. The standard InChI is InChI=1S/C13H16ClF3N2O/c1-2-19-11(10(14)7-18-19)12(20)8-5-3-4-6-9(8)13(15,16)17/h7-9H,2-6H2,1H3. The van der Waals surface area contributed by atoms with E-state index in [2.05, 4.69) is 5.10 Å². The maximum atomic E-state index is 13.1. The highest BCUT2D eigenvalue weighted by molar-refractivity contribution is 6.33. The number of nitrogens with zero attached hydrogens (tertiary/aromatic N) is 2. The number of halogens is 4. The van der Waals surface area contributed by atoms with E-state index in [4.69, 9.17) is 11.6 Å². The zero-order valence-corrected chi connectivity index (χ0v) is 11.8. The molecular formula is C13H16ClF3N2O. The Morgan fingerprint density at radius 2 is 2.10 bits per heavy atom. The number of Topliss-reactive ketones (excluding diaryl/α,β-unsaturated/α-hetero) is 1. The highest BCUT2D eigenvalue weighted by atomic mass is 35.5. The Morgan fingerprint density at radius 1 is 1.45 bits per heavy atom. The number of hydrogen-bond acceptors (Lipinski definition) is 2. The van der Waals surface area contributed by atoms with Gasteiger partial charge in [-0.25, -0.2) is 0 Å². The van der Waals surface area contributed by atoms with Crippen molar-refractivity contribution in [3.8, 4) is 0 Å². The number of alkyl halides is 3. The summed E-state index contributed by atoms with van der Waals surface area (Å²) in [6, 6.07) is 0. The average molecular weight is 309 g/mol. The van der Waals surface area contributed by atoms with Crippen LogP contribution in [0.15, 0.2) is 6.20 Å². The van der Waals surface area contributed by atoms with Gasteiger partial charge >= 0.3 is 6.18 Å². The zero-order valence-electron chi connectivity index (χ0n) is 11.1. The van der Waals surface area contributed by atoms with E-state index in [0.717, 1.165) is 0 Å². The van der Waals surface area contributed by atoms with Crippen molar-refractivity contribution in [1.29, 1.82) is 0 Å². The van der Waals surface area contributed by atoms with E-state index >= 15 is 0 Å². The molecule has 1 aliphatic carbocycles. The predicted octanol–water partition coefficient (Wildman–Crippen LogP) is 4.11. The van der Waals surface area contributed by atoms with Gasteiger partial charge in [0.1, 0.15) is 5.69 Å². The van der Waals surface area contributed by atoms with Crippen LogP contribution in [-0.2, 0) is 6.54 Å². The molecule has 2 atom stereocenters. The van der Waals surface area contributed by atoms with Crippen molar-refractivity contribution in [1.82, 2.24) is 9.78 Å². The van der Waals surface area contributed by atoms with Crippen molar-refractivity contribution < 1.29 is 18.0 Å². The molecule has 1 aliphatic rings. The van der Waals surface area contributed by atoms with Crippen molar-refractivity contribution in [3.05, 3.63) is 16.9 Å². The molecule has 0 bridgehead atoms. The van der Waals surface area contributed by atoms with E-state index in [1.165, 1.54) is 10.9 Å². The highest BCUT2D eigenvalue weighted by Crippen LogP contribution is 2.43. The molecule has 3 nitrogen and oxygen atoms in total. The fourth-order valence-electron chi connectivity index (χ4n) is 2.86. The van der Waals surface area contributed by atoms with Crippen molar-refractivity contribution in [2.24, 2.45) is 11.8 Å². The maximum absolute atomic E-state index is 13.1. The molecule has 1 aromatic heterocycles. The lowest BCUT2D eigenvalue weighted by atomic mass is 9.76. The third kappa shape index (κ3) is 2.85. The van der Waals surface area contributed by atoms with Crippen molar-refractivity contribution in [2.45, 2.75) is 45.3 Å². The summed E-state index contributed by atoms with van der Waals surface area (Å²) in [7, 11) is 0. The first-order valence-corrected chi connectivity index (χ1v) is 7.06. The van der Waals surface area contributed by atoms with Gasteiger partial charge in [0, 0.05) is 12.5 Å². The minimum Gasteiger partial charge on any atom is -0.292 e. The molecule has 2 rings (SSSR count). The summed E-state index contributed by atoms with van der Waals surface area (Å²) in [5.41, 5.74) is 0.107. The van der Waals surface area contributed by atoms with Crippen LogP contribution in [0.3, 0.4) is 0 Å². The molecule has 112 valence electrons. The van der Waals surface area contributed by atoms with Crippen LogP contribution in [0.1, 0.15) is 43.1 Å². The predicted molar refractivity (Wildman–Crippen MR) is 68.7 cm³/mol. The fraction of sp³-hybridized carbons (Fsp3) is 0.692. The Balaban J connectivity index is 2.32. The quantitative estimate of drug-likeness (QED) is 0.788. The van der Waals surface area contributed by atoms with E-state index in [1.807, 2.05) is 0 Å². The topological polar surface area (TPSA) is 34.9 Å². The lowest BCUT2D eigenvalue weighted by Gasteiger charge is -2.32. The van der Waals surface area contributed by atoms with Gasteiger partial charge in [0.05, 0.1) is 17.1 Å². The van der Waals surface area contributed by atoms with E-state index in [0.29, 0.717) is 19.4 Å². The normalized spacial score (nSPS) is 23.9.